The average Bonchev–Trinajstić information content (AvgIpc) is 2.67. The second kappa shape index (κ2) is 7.59. The smallest absolute Gasteiger partial charge is 0.261 e. The number of aromatic nitrogens is 3. The van der Waals surface area contributed by atoms with Crippen LogP contribution in [0.5, 0.6) is 11.8 Å². The van der Waals surface area contributed by atoms with Crippen molar-refractivity contribution in [2.24, 2.45) is 0 Å². The summed E-state index contributed by atoms with van der Waals surface area (Å²) in [5, 5.41) is 11.1. The molecule has 0 aliphatic carbocycles. The number of likely N-dealkylation sites (tertiary alicyclic amines) is 1. The highest BCUT2D eigenvalue weighted by molar-refractivity contribution is 5.95. The van der Waals surface area contributed by atoms with E-state index in [0.717, 1.165) is 0 Å². The molecule has 1 aliphatic rings. The van der Waals surface area contributed by atoms with Crippen LogP contribution in [-0.4, -0.2) is 58.2 Å². The number of carbonyl (C=O) groups is 1. The fraction of sp³-hybridized carbons (Fsp3) is 0.474. The minimum Gasteiger partial charge on any atom is -0.480 e. The van der Waals surface area contributed by atoms with Crippen molar-refractivity contribution in [1.82, 2.24) is 19.9 Å². The molecule has 1 saturated heterocycles. The Morgan fingerprint density at radius 2 is 1.93 bits per heavy atom. The van der Waals surface area contributed by atoms with Crippen LogP contribution in [0.2, 0.25) is 0 Å². The fourth-order valence-electron chi connectivity index (χ4n) is 3.51. The van der Waals surface area contributed by atoms with Crippen LogP contribution in [0, 0.1) is 13.8 Å². The number of hydrogen-bond donors (Lipinski definition) is 2. The van der Waals surface area contributed by atoms with Gasteiger partial charge in [0, 0.05) is 18.8 Å². The first-order valence-corrected chi connectivity index (χ1v) is 8.96. The summed E-state index contributed by atoms with van der Waals surface area (Å²) in [7, 11) is 2.91. The van der Waals surface area contributed by atoms with Gasteiger partial charge in [-0.05, 0) is 38.3 Å². The highest BCUT2D eigenvalue weighted by atomic mass is 16.5. The molecule has 150 valence electrons. The van der Waals surface area contributed by atoms with Crippen LogP contribution in [0.4, 0.5) is 0 Å². The van der Waals surface area contributed by atoms with Gasteiger partial charge in [-0.3, -0.25) is 9.59 Å². The fourth-order valence-corrected chi connectivity index (χ4v) is 3.51. The van der Waals surface area contributed by atoms with Gasteiger partial charge in [-0.15, -0.1) is 0 Å². The Hall–Kier alpha value is -2.94. The third-order valence-electron chi connectivity index (χ3n) is 5.02. The highest BCUT2D eigenvalue weighted by Crippen LogP contribution is 2.36. The second-order valence-electron chi connectivity index (χ2n) is 6.93. The number of aromatic amines is 1. The molecule has 2 aromatic heterocycles. The van der Waals surface area contributed by atoms with E-state index in [4.69, 9.17) is 9.47 Å². The van der Waals surface area contributed by atoms with E-state index in [9.17, 15) is 14.7 Å². The second-order valence-corrected chi connectivity index (χ2v) is 6.93. The van der Waals surface area contributed by atoms with Crippen LogP contribution in [0.25, 0.3) is 0 Å². The van der Waals surface area contributed by atoms with Gasteiger partial charge < -0.3 is 24.5 Å². The lowest BCUT2D eigenvalue weighted by Gasteiger charge is -2.38. The number of aryl methyl sites for hydroxylation is 2. The molecule has 9 heteroatoms. The molecule has 0 atom stereocenters. The monoisotopic (exact) mass is 388 g/mol. The minimum absolute atomic E-state index is 0.137. The molecule has 2 aromatic rings. The van der Waals surface area contributed by atoms with E-state index in [2.05, 4.69) is 15.0 Å². The van der Waals surface area contributed by atoms with Crippen molar-refractivity contribution in [3.05, 3.63) is 45.1 Å². The van der Waals surface area contributed by atoms with Gasteiger partial charge >= 0.3 is 0 Å². The SMILES string of the molecule is COc1cnc(C2(O)CCN(C(=O)c3c(C)cc(C)[nH]c3=O)CC2)c(OC)n1. The zero-order chi connectivity index (χ0) is 20.5. The zero-order valence-electron chi connectivity index (χ0n) is 16.4. The predicted molar refractivity (Wildman–Crippen MR) is 101 cm³/mol. The number of ether oxygens (including phenoxy) is 2. The maximum Gasteiger partial charge on any atom is 0.261 e. The van der Waals surface area contributed by atoms with Gasteiger partial charge in [0.2, 0.25) is 11.8 Å². The molecular weight excluding hydrogens is 364 g/mol. The summed E-state index contributed by atoms with van der Waals surface area (Å²) in [5.41, 5.74) is 0.110. The Balaban J connectivity index is 1.81. The number of aliphatic hydroxyl groups is 1. The maximum atomic E-state index is 12.9. The lowest BCUT2D eigenvalue weighted by Crippen LogP contribution is -2.47. The van der Waals surface area contributed by atoms with Crippen molar-refractivity contribution in [1.29, 1.82) is 0 Å². The standard InChI is InChI=1S/C19H24N4O5/c1-11-9-12(2)21-16(24)14(11)18(25)23-7-5-19(26,6-8-23)15-17(28-4)22-13(27-3)10-20-15/h9-10,26H,5-8H2,1-4H3,(H,21,24). The highest BCUT2D eigenvalue weighted by Gasteiger charge is 2.40. The lowest BCUT2D eigenvalue weighted by atomic mass is 9.87. The Labute approximate surface area is 162 Å². The van der Waals surface area contributed by atoms with Crippen LogP contribution >= 0.6 is 0 Å². The minimum atomic E-state index is -1.28. The maximum absolute atomic E-state index is 12.9. The van der Waals surface area contributed by atoms with Gasteiger partial charge in [0.15, 0.2) is 0 Å². The Kier molecular flexibility index (Phi) is 5.37. The van der Waals surface area contributed by atoms with Crippen LogP contribution in [-0.2, 0) is 5.60 Å². The molecule has 0 saturated carbocycles. The Morgan fingerprint density at radius 3 is 2.50 bits per heavy atom. The molecule has 2 N–H and O–H groups in total. The summed E-state index contributed by atoms with van der Waals surface area (Å²) in [6, 6.07) is 1.77. The molecule has 0 spiro atoms. The van der Waals surface area contributed by atoms with Gasteiger partial charge in [0.05, 0.1) is 20.4 Å². The van der Waals surface area contributed by atoms with Crippen molar-refractivity contribution in [3.63, 3.8) is 0 Å². The van der Waals surface area contributed by atoms with Crippen LogP contribution < -0.4 is 15.0 Å². The Morgan fingerprint density at radius 1 is 1.25 bits per heavy atom. The average molecular weight is 388 g/mol. The van der Waals surface area contributed by atoms with Crippen molar-refractivity contribution >= 4 is 5.91 Å². The molecule has 1 amide bonds. The van der Waals surface area contributed by atoms with Gasteiger partial charge in [-0.1, -0.05) is 0 Å². The quantitative estimate of drug-likeness (QED) is 0.800. The molecule has 1 aliphatic heterocycles. The third kappa shape index (κ3) is 3.57. The molecule has 0 unspecified atom stereocenters. The Bertz CT molecular complexity index is 948. The third-order valence-corrected chi connectivity index (χ3v) is 5.02. The van der Waals surface area contributed by atoms with E-state index >= 15 is 0 Å². The summed E-state index contributed by atoms with van der Waals surface area (Å²) in [6.07, 6.45) is 1.92. The first-order chi connectivity index (χ1) is 13.3. The van der Waals surface area contributed by atoms with E-state index in [1.165, 1.54) is 20.4 Å². The van der Waals surface area contributed by atoms with Crippen LogP contribution in [0.3, 0.4) is 0 Å². The molecular formula is C19H24N4O5. The van der Waals surface area contributed by atoms with E-state index in [-0.39, 0.29) is 49.2 Å². The number of rotatable bonds is 4. The molecule has 0 radical (unpaired) electrons. The number of nitrogens with zero attached hydrogens (tertiary/aromatic N) is 3. The van der Waals surface area contributed by atoms with E-state index in [1.54, 1.807) is 24.8 Å². The topological polar surface area (TPSA) is 118 Å². The molecule has 28 heavy (non-hydrogen) atoms. The van der Waals surface area contributed by atoms with E-state index in [0.29, 0.717) is 17.0 Å². The van der Waals surface area contributed by atoms with E-state index in [1.807, 2.05) is 0 Å². The van der Waals surface area contributed by atoms with Crippen molar-refractivity contribution < 1.29 is 19.4 Å². The normalized spacial score (nSPS) is 16.0. The molecule has 9 nitrogen and oxygen atoms in total. The summed E-state index contributed by atoms with van der Waals surface area (Å²) in [4.78, 5) is 37.8. The van der Waals surface area contributed by atoms with Gasteiger partial charge in [-0.25, -0.2) is 4.98 Å². The molecule has 3 rings (SSSR count). The first-order valence-electron chi connectivity index (χ1n) is 8.96. The number of hydrogen-bond acceptors (Lipinski definition) is 7. The predicted octanol–water partition coefficient (Wildman–Crippen LogP) is 0.923. The van der Waals surface area contributed by atoms with Crippen molar-refractivity contribution in [2.45, 2.75) is 32.3 Å². The van der Waals surface area contributed by atoms with Crippen molar-refractivity contribution in [2.75, 3.05) is 27.3 Å². The molecule has 0 bridgehead atoms. The number of piperidine rings is 1. The lowest BCUT2D eigenvalue weighted by molar-refractivity contribution is -0.0265. The zero-order valence-corrected chi connectivity index (χ0v) is 16.4. The van der Waals surface area contributed by atoms with Gasteiger partial charge in [0.1, 0.15) is 16.9 Å². The van der Waals surface area contributed by atoms with Crippen LogP contribution in [0.1, 0.15) is 40.2 Å². The number of amides is 1. The number of pyridine rings is 1. The number of nitrogens with one attached hydrogen (secondary N) is 1. The molecule has 0 aromatic carbocycles. The first kappa shape index (κ1) is 19.8. The molecule has 3 heterocycles. The van der Waals surface area contributed by atoms with E-state index < -0.39 is 11.2 Å². The van der Waals surface area contributed by atoms with Crippen molar-refractivity contribution in [3.8, 4) is 11.8 Å². The summed E-state index contributed by atoms with van der Waals surface area (Å²) in [5.74, 6) is 0.131. The summed E-state index contributed by atoms with van der Waals surface area (Å²) in [6.45, 7) is 4.07. The van der Waals surface area contributed by atoms with Crippen LogP contribution in [0.15, 0.2) is 17.1 Å². The van der Waals surface area contributed by atoms with Gasteiger partial charge in [-0.2, -0.15) is 4.98 Å². The summed E-state index contributed by atoms with van der Waals surface area (Å²) >= 11 is 0. The number of methoxy groups -OCH3 is 2. The number of carbonyl (C=O) groups excluding carboxylic acids is 1. The largest absolute Gasteiger partial charge is 0.480 e. The van der Waals surface area contributed by atoms with Gasteiger partial charge in [0.25, 0.3) is 11.5 Å². The number of H-pyrrole nitrogens is 1. The molecule has 1 fully saturated rings. The summed E-state index contributed by atoms with van der Waals surface area (Å²) < 4.78 is 10.3.